The van der Waals surface area contributed by atoms with E-state index in [1.54, 1.807) is 6.07 Å². The molecule has 0 aliphatic carbocycles. The molecule has 0 saturated carbocycles. The highest BCUT2D eigenvalue weighted by molar-refractivity contribution is 5.62. The van der Waals surface area contributed by atoms with Crippen LogP contribution in [-0.4, -0.2) is 0 Å². The number of rotatable bonds is 6. The average molecular weight is 238 g/mol. The van der Waals surface area contributed by atoms with E-state index in [1.165, 1.54) is 0 Å². The van der Waals surface area contributed by atoms with Crippen LogP contribution in [-0.2, 0) is 12.8 Å². The van der Waals surface area contributed by atoms with Crippen molar-refractivity contribution < 1.29 is 4.39 Å². The Morgan fingerprint density at radius 3 is 2.24 bits per heavy atom. The molecule has 1 rings (SSSR count). The fraction of sp³-hybridized carbons (Fsp3) is 0.571. The van der Waals surface area contributed by atoms with Crippen LogP contribution in [0.1, 0.15) is 50.7 Å². The molecule has 0 atom stereocenters. The van der Waals surface area contributed by atoms with Gasteiger partial charge in [0.15, 0.2) is 5.82 Å². The Balaban J connectivity index is 3.04. The molecular weight excluding hydrogens is 215 g/mol. The molecule has 3 heteroatoms. The number of nitrogens with two attached hydrogens (primary N) is 2. The van der Waals surface area contributed by atoms with Crippen molar-refractivity contribution in [3.63, 3.8) is 0 Å². The average Bonchev–Trinajstić information content (AvgIpc) is 2.32. The van der Waals surface area contributed by atoms with E-state index in [1.807, 2.05) is 0 Å². The van der Waals surface area contributed by atoms with E-state index in [2.05, 4.69) is 13.8 Å². The SMILES string of the molecule is CCCCc1cc(N)c(F)c(CCCC)c1N. The van der Waals surface area contributed by atoms with E-state index < -0.39 is 0 Å². The smallest absolute Gasteiger partial charge is 0.151 e. The minimum Gasteiger partial charge on any atom is -0.398 e. The van der Waals surface area contributed by atoms with Crippen LogP contribution in [0.15, 0.2) is 6.07 Å². The molecule has 2 nitrogen and oxygen atoms in total. The van der Waals surface area contributed by atoms with Gasteiger partial charge in [0.25, 0.3) is 0 Å². The number of hydrogen-bond acceptors (Lipinski definition) is 2. The van der Waals surface area contributed by atoms with E-state index in [9.17, 15) is 4.39 Å². The molecule has 0 bridgehead atoms. The number of hydrogen-bond donors (Lipinski definition) is 2. The third kappa shape index (κ3) is 3.35. The molecule has 4 N–H and O–H groups in total. The molecule has 0 heterocycles. The maximum atomic E-state index is 13.9. The van der Waals surface area contributed by atoms with Gasteiger partial charge in [-0.1, -0.05) is 26.7 Å². The molecule has 1 aromatic rings. The van der Waals surface area contributed by atoms with Gasteiger partial charge in [0, 0.05) is 11.3 Å². The fourth-order valence-corrected chi connectivity index (χ4v) is 1.99. The number of anilines is 2. The lowest BCUT2D eigenvalue weighted by atomic mass is 9.97. The molecule has 0 unspecified atom stereocenters. The molecule has 0 spiro atoms. The number of nitrogen functional groups attached to an aromatic ring is 2. The van der Waals surface area contributed by atoms with E-state index in [0.29, 0.717) is 17.7 Å². The van der Waals surface area contributed by atoms with Crippen LogP contribution in [0.4, 0.5) is 15.8 Å². The van der Waals surface area contributed by atoms with Crippen LogP contribution < -0.4 is 11.5 Å². The Morgan fingerprint density at radius 1 is 1.06 bits per heavy atom. The van der Waals surface area contributed by atoms with Crippen LogP contribution >= 0.6 is 0 Å². The summed E-state index contributed by atoms with van der Waals surface area (Å²) in [5, 5.41) is 0. The van der Waals surface area contributed by atoms with E-state index in [-0.39, 0.29) is 11.5 Å². The molecule has 0 aromatic heterocycles. The van der Waals surface area contributed by atoms with Crippen molar-refractivity contribution in [2.75, 3.05) is 11.5 Å². The number of halogens is 1. The van der Waals surface area contributed by atoms with Crippen molar-refractivity contribution in [3.8, 4) is 0 Å². The highest BCUT2D eigenvalue weighted by Gasteiger charge is 2.13. The highest BCUT2D eigenvalue weighted by atomic mass is 19.1. The van der Waals surface area contributed by atoms with Crippen molar-refractivity contribution in [2.24, 2.45) is 0 Å². The molecule has 0 fully saturated rings. The maximum absolute atomic E-state index is 13.9. The summed E-state index contributed by atoms with van der Waals surface area (Å²) in [4.78, 5) is 0. The van der Waals surface area contributed by atoms with Gasteiger partial charge in [0.2, 0.25) is 0 Å². The van der Waals surface area contributed by atoms with Crippen LogP contribution in [0, 0.1) is 5.82 Å². The van der Waals surface area contributed by atoms with Crippen molar-refractivity contribution in [1.29, 1.82) is 0 Å². The van der Waals surface area contributed by atoms with E-state index in [0.717, 1.165) is 37.7 Å². The number of aryl methyl sites for hydroxylation is 1. The Bertz CT molecular complexity index is 375. The summed E-state index contributed by atoms with van der Waals surface area (Å²) in [6.45, 7) is 4.21. The second-order valence-corrected chi connectivity index (χ2v) is 4.54. The van der Waals surface area contributed by atoms with Gasteiger partial charge in [0.1, 0.15) is 0 Å². The summed E-state index contributed by atoms with van der Waals surface area (Å²) in [5.74, 6) is -0.323. The molecule has 0 saturated heterocycles. The van der Waals surface area contributed by atoms with Gasteiger partial charge in [-0.2, -0.15) is 0 Å². The maximum Gasteiger partial charge on any atom is 0.151 e. The molecule has 17 heavy (non-hydrogen) atoms. The second-order valence-electron chi connectivity index (χ2n) is 4.54. The second kappa shape index (κ2) is 6.48. The topological polar surface area (TPSA) is 52.0 Å². The predicted octanol–water partition coefficient (Wildman–Crippen LogP) is 3.68. The van der Waals surface area contributed by atoms with Gasteiger partial charge in [-0.15, -0.1) is 0 Å². The first-order chi connectivity index (χ1) is 8.11. The normalized spacial score (nSPS) is 10.8. The van der Waals surface area contributed by atoms with Crippen molar-refractivity contribution in [1.82, 2.24) is 0 Å². The minimum absolute atomic E-state index is 0.233. The van der Waals surface area contributed by atoms with Gasteiger partial charge in [-0.05, 0) is 37.3 Å². The molecular formula is C14H23FN2. The molecule has 1 aromatic carbocycles. The van der Waals surface area contributed by atoms with Crippen molar-refractivity contribution >= 4 is 11.4 Å². The zero-order valence-corrected chi connectivity index (χ0v) is 10.9. The molecule has 0 radical (unpaired) electrons. The van der Waals surface area contributed by atoms with Crippen LogP contribution in [0.5, 0.6) is 0 Å². The monoisotopic (exact) mass is 238 g/mol. The summed E-state index contributed by atoms with van der Waals surface area (Å²) in [6.07, 6.45) is 5.68. The van der Waals surface area contributed by atoms with E-state index >= 15 is 0 Å². The Morgan fingerprint density at radius 2 is 1.65 bits per heavy atom. The van der Waals surface area contributed by atoms with Crippen LogP contribution in [0.25, 0.3) is 0 Å². The largest absolute Gasteiger partial charge is 0.398 e. The number of unbranched alkanes of at least 4 members (excludes halogenated alkanes) is 2. The lowest BCUT2D eigenvalue weighted by Crippen LogP contribution is -2.07. The molecule has 0 amide bonds. The quantitative estimate of drug-likeness (QED) is 0.743. The summed E-state index contributed by atoms with van der Waals surface area (Å²) >= 11 is 0. The van der Waals surface area contributed by atoms with E-state index in [4.69, 9.17) is 11.5 Å². The van der Waals surface area contributed by atoms with Crippen molar-refractivity contribution in [3.05, 3.63) is 23.0 Å². The minimum atomic E-state index is -0.323. The zero-order chi connectivity index (χ0) is 12.8. The summed E-state index contributed by atoms with van der Waals surface area (Å²) in [7, 11) is 0. The fourth-order valence-electron chi connectivity index (χ4n) is 1.99. The first-order valence-corrected chi connectivity index (χ1v) is 6.47. The van der Waals surface area contributed by atoms with Gasteiger partial charge in [-0.3, -0.25) is 0 Å². The van der Waals surface area contributed by atoms with Crippen LogP contribution in [0.3, 0.4) is 0 Å². The molecule has 96 valence electrons. The third-order valence-corrected chi connectivity index (χ3v) is 3.10. The van der Waals surface area contributed by atoms with Gasteiger partial charge in [0.05, 0.1) is 5.69 Å². The zero-order valence-electron chi connectivity index (χ0n) is 10.9. The van der Waals surface area contributed by atoms with Gasteiger partial charge >= 0.3 is 0 Å². The first kappa shape index (κ1) is 13.8. The molecule has 0 aliphatic rings. The van der Waals surface area contributed by atoms with Crippen molar-refractivity contribution in [2.45, 2.75) is 52.4 Å². The third-order valence-electron chi connectivity index (χ3n) is 3.10. The first-order valence-electron chi connectivity index (χ1n) is 6.47. The van der Waals surface area contributed by atoms with Crippen LogP contribution in [0.2, 0.25) is 0 Å². The van der Waals surface area contributed by atoms with Gasteiger partial charge < -0.3 is 11.5 Å². The Kier molecular flexibility index (Phi) is 5.26. The standard InChI is InChI=1S/C14H23FN2/c1-3-5-7-10-9-12(16)13(15)11(14(10)17)8-6-4-2/h9H,3-8,16-17H2,1-2H3. The summed E-state index contributed by atoms with van der Waals surface area (Å²) in [6, 6.07) is 1.69. The molecule has 0 aliphatic heterocycles. The van der Waals surface area contributed by atoms with Gasteiger partial charge in [-0.25, -0.2) is 4.39 Å². The highest BCUT2D eigenvalue weighted by Crippen LogP contribution is 2.28. The Hall–Kier alpha value is -1.25. The Labute approximate surface area is 103 Å². The lowest BCUT2D eigenvalue weighted by molar-refractivity contribution is 0.607. The number of benzene rings is 1. The predicted molar refractivity (Wildman–Crippen MR) is 72.4 cm³/mol. The summed E-state index contributed by atoms with van der Waals surface area (Å²) in [5.41, 5.74) is 14.2. The summed E-state index contributed by atoms with van der Waals surface area (Å²) < 4.78 is 13.9. The lowest BCUT2D eigenvalue weighted by Gasteiger charge is -2.14.